The molecule has 2 aromatic carbocycles. The molecule has 160 valence electrons. The number of carboxylic acid groups (broad SMARTS) is 1. The van der Waals surface area contributed by atoms with Crippen LogP contribution in [0.4, 0.5) is 5.69 Å². The van der Waals surface area contributed by atoms with E-state index in [0.717, 1.165) is 36.9 Å². The van der Waals surface area contributed by atoms with E-state index < -0.39 is 12.1 Å². The van der Waals surface area contributed by atoms with Crippen molar-refractivity contribution < 1.29 is 24.5 Å². The Hall–Kier alpha value is -2.86. The molecule has 1 heterocycles. The normalized spacial score (nSPS) is 17.2. The van der Waals surface area contributed by atoms with Gasteiger partial charge in [-0.1, -0.05) is 38.3 Å². The van der Waals surface area contributed by atoms with Gasteiger partial charge in [-0.25, -0.2) is 4.79 Å². The van der Waals surface area contributed by atoms with Gasteiger partial charge in [0.1, 0.15) is 12.4 Å². The predicted octanol–water partition coefficient (Wildman–Crippen LogP) is 4.57. The van der Waals surface area contributed by atoms with E-state index in [1.54, 1.807) is 17.0 Å². The predicted molar refractivity (Wildman–Crippen MR) is 115 cm³/mol. The zero-order valence-electron chi connectivity index (χ0n) is 17.3. The molecule has 0 saturated carbocycles. The maximum atomic E-state index is 12.5. The van der Waals surface area contributed by atoms with Crippen LogP contribution in [-0.4, -0.2) is 34.7 Å². The van der Waals surface area contributed by atoms with Gasteiger partial charge in [-0.3, -0.25) is 4.79 Å². The van der Waals surface area contributed by atoms with Crippen LogP contribution in [-0.2, 0) is 4.79 Å². The Morgan fingerprint density at radius 1 is 1.13 bits per heavy atom. The van der Waals surface area contributed by atoms with E-state index in [0.29, 0.717) is 25.2 Å². The molecule has 0 bridgehead atoms. The molecule has 2 N–H and O–H groups in total. The van der Waals surface area contributed by atoms with Crippen molar-refractivity contribution in [3.8, 4) is 5.75 Å². The molecule has 2 atom stereocenters. The number of nitrogens with zero attached hydrogens (tertiary/aromatic N) is 1. The second kappa shape index (κ2) is 10.3. The molecule has 6 nitrogen and oxygen atoms in total. The maximum Gasteiger partial charge on any atom is 0.335 e. The Kier molecular flexibility index (Phi) is 7.46. The lowest BCUT2D eigenvalue weighted by atomic mass is 10.0. The summed E-state index contributed by atoms with van der Waals surface area (Å²) in [6.45, 7) is 2.47. The molecule has 3 rings (SSSR count). The average Bonchev–Trinajstić information content (AvgIpc) is 3.13. The summed E-state index contributed by atoms with van der Waals surface area (Å²) in [5.74, 6) is -0.348. The lowest BCUT2D eigenvalue weighted by molar-refractivity contribution is -0.117. The molecule has 6 heteroatoms. The van der Waals surface area contributed by atoms with Crippen LogP contribution in [0.15, 0.2) is 48.5 Å². The number of rotatable bonds is 10. The highest BCUT2D eigenvalue weighted by Crippen LogP contribution is 2.29. The number of carboxylic acids is 1. The van der Waals surface area contributed by atoms with Crippen molar-refractivity contribution in [3.05, 3.63) is 59.7 Å². The average molecular weight is 411 g/mol. The Morgan fingerprint density at radius 2 is 1.83 bits per heavy atom. The molecule has 1 saturated heterocycles. The molecule has 0 radical (unpaired) electrons. The van der Waals surface area contributed by atoms with Crippen LogP contribution in [0.1, 0.15) is 67.5 Å². The van der Waals surface area contributed by atoms with Gasteiger partial charge >= 0.3 is 5.97 Å². The highest BCUT2D eigenvalue weighted by molar-refractivity contribution is 5.96. The number of anilines is 1. The number of carbonyl (C=O) groups is 2. The summed E-state index contributed by atoms with van der Waals surface area (Å²) in [6.07, 6.45) is 4.66. The fraction of sp³-hybridized carbons (Fsp3) is 0.417. The minimum atomic E-state index is -0.979. The van der Waals surface area contributed by atoms with Crippen molar-refractivity contribution in [2.45, 2.75) is 57.6 Å². The van der Waals surface area contributed by atoms with Gasteiger partial charge in [0.15, 0.2) is 0 Å². The number of aliphatic hydroxyl groups is 1. The number of amides is 1. The summed E-state index contributed by atoms with van der Waals surface area (Å²) < 4.78 is 5.81. The third-order valence-electron chi connectivity index (χ3n) is 5.51. The summed E-state index contributed by atoms with van der Waals surface area (Å²) in [5, 5.41) is 19.3. The summed E-state index contributed by atoms with van der Waals surface area (Å²) in [5.41, 5.74) is 1.88. The van der Waals surface area contributed by atoms with Crippen LogP contribution in [0.3, 0.4) is 0 Å². The summed E-state index contributed by atoms with van der Waals surface area (Å²) in [7, 11) is 0. The van der Waals surface area contributed by atoms with Gasteiger partial charge in [0.2, 0.25) is 5.91 Å². The van der Waals surface area contributed by atoms with Crippen LogP contribution in [0, 0.1) is 0 Å². The molecule has 2 aromatic rings. The third kappa shape index (κ3) is 5.39. The number of carbonyl (C=O) groups excluding carboxylic acids is 1. The summed E-state index contributed by atoms with van der Waals surface area (Å²) >= 11 is 0. The third-order valence-corrected chi connectivity index (χ3v) is 5.51. The Labute approximate surface area is 177 Å². The largest absolute Gasteiger partial charge is 0.491 e. The van der Waals surface area contributed by atoms with Crippen LogP contribution in [0.2, 0.25) is 0 Å². The molecular formula is C24H29NO5. The van der Waals surface area contributed by atoms with E-state index in [-0.39, 0.29) is 17.5 Å². The summed E-state index contributed by atoms with van der Waals surface area (Å²) in [6, 6.07) is 13.7. The number of unbranched alkanes of at least 4 members (excludes halogenated alkanes) is 2. The zero-order valence-corrected chi connectivity index (χ0v) is 17.3. The van der Waals surface area contributed by atoms with Crippen LogP contribution in [0.25, 0.3) is 0 Å². The van der Waals surface area contributed by atoms with Gasteiger partial charge < -0.3 is 19.8 Å². The number of hydrogen-bond acceptors (Lipinski definition) is 4. The van der Waals surface area contributed by atoms with E-state index >= 15 is 0 Å². The van der Waals surface area contributed by atoms with Gasteiger partial charge in [-0.05, 0) is 54.8 Å². The van der Waals surface area contributed by atoms with Crippen molar-refractivity contribution in [2.75, 3.05) is 11.5 Å². The smallest absolute Gasteiger partial charge is 0.335 e. The van der Waals surface area contributed by atoms with Gasteiger partial charge in [0.25, 0.3) is 0 Å². The fourth-order valence-electron chi connectivity index (χ4n) is 3.75. The van der Waals surface area contributed by atoms with Crippen LogP contribution >= 0.6 is 0 Å². The fourth-order valence-corrected chi connectivity index (χ4v) is 3.75. The topological polar surface area (TPSA) is 87.1 Å². The Balaban J connectivity index is 1.62. The Morgan fingerprint density at radius 3 is 2.47 bits per heavy atom. The van der Waals surface area contributed by atoms with Gasteiger partial charge in [0.05, 0.1) is 17.7 Å². The quantitative estimate of drug-likeness (QED) is 0.559. The van der Waals surface area contributed by atoms with Crippen molar-refractivity contribution in [3.63, 3.8) is 0 Å². The van der Waals surface area contributed by atoms with Crippen LogP contribution < -0.4 is 9.64 Å². The highest BCUT2D eigenvalue weighted by Gasteiger charge is 2.32. The molecule has 1 fully saturated rings. The molecule has 1 amide bonds. The lowest BCUT2D eigenvalue weighted by Crippen LogP contribution is -2.37. The molecule has 0 spiro atoms. The molecule has 0 aromatic heterocycles. The second-order valence-electron chi connectivity index (χ2n) is 7.70. The summed E-state index contributed by atoms with van der Waals surface area (Å²) in [4.78, 5) is 25.2. The van der Waals surface area contributed by atoms with Gasteiger partial charge in [-0.2, -0.15) is 0 Å². The molecule has 1 aliphatic rings. The molecule has 30 heavy (non-hydrogen) atoms. The standard InChI is InChI=1S/C24H29NO5/c1-2-3-4-5-22(26)17-6-10-19(11-7-17)25-20(12-15-23(25)27)16-30-21-13-8-18(9-14-21)24(28)29/h6-11,13-14,20,22,26H,2-5,12,15-16H2,1H3,(H,28,29)/t20?,22-/m1/s1. The number of aliphatic hydroxyl groups excluding tert-OH is 1. The first-order chi connectivity index (χ1) is 14.5. The first-order valence-electron chi connectivity index (χ1n) is 10.6. The molecular weight excluding hydrogens is 382 g/mol. The van der Waals surface area contributed by atoms with Crippen molar-refractivity contribution in [1.82, 2.24) is 0 Å². The molecule has 1 aliphatic heterocycles. The molecule has 0 aliphatic carbocycles. The highest BCUT2D eigenvalue weighted by atomic mass is 16.5. The monoisotopic (exact) mass is 411 g/mol. The Bertz CT molecular complexity index is 847. The number of hydrogen-bond donors (Lipinski definition) is 2. The zero-order chi connectivity index (χ0) is 21.5. The van der Waals surface area contributed by atoms with E-state index in [1.165, 1.54) is 12.1 Å². The second-order valence-corrected chi connectivity index (χ2v) is 7.70. The van der Waals surface area contributed by atoms with Crippen molar-refractivity contribution in [1.29, 1.82) is 0 Å². The van der Waals surface area contributed by atoms with E-state index in [2.05, 4.69) is 6.92 Å². The number of ether oxygens (including phenoxy) is 1. The van der Waals surface area contributed by atoms with Crippen LogP contribution in [0.5, 0.6) is 5.75 Å². The van der Waals surface area contributed by atoms with Gasteiger partial charge in [-0.15, -0.1) is 0 Å². The van der Waals surface area contributed by atoms with Gasteiger partial charge in [0, 0.05) is 12.1 Å². The lowest BCUT2D eigenvalue weighted by Gasteiger charge is -2.25. The minimum Gasteiger partial charge on any atom is -0.491 e. The maximum absolute atomic E-state index is 12.5. The first-order valence-corrected chi connectivity index (χ1v) is 10.6. The van der Waals surface area contributed by atoms with E-state index in [4.69, 9.17) is 9.84 Å². The SMILES string of the molecule is CCCCC[C@@H](O)c1ccc(N2C(=O)CCC2COc2ccc(C(=O)O)cc2)cc1. The van der Waals surface area contributed by atoms with Crippen molar-refractivity contribution in [2.24, 2.45) is 0 Å². The first kappa shape index (κ1) is 21.8. The molecule has 1 unspecified atom stereocenters. The van der Waals surface area contributed by atoms with E-state index in [9.17, 15) is 14.7 Å². The minimum absolute atomic E-state index is 0.0565. The van der Waals surface area contributed by atoms with E-state index in [1.807, 2.05) is 24.3 Å². The van der Waals surface area contributed by atoms with Crippen molar-refractivity contribution >= 4 is 17.6 Å². The number of benzene rings is 2. The number of aromatic carboxylic acids is 1.